The fourth-order valence-electron chi connectivity index (χ4n) is 1.89. The van der Waals surface area contributed by atoms with Gasteiger partial charge in [0, 0.05) is 19.9 Å². The van der Waals surface area contributed by atoms with Crippen LogP contribution < -0.4 is 11.1 Å². The fourth-order valence-corrected chi connectivity index (χ4v) is 1.89. The Labute approximate surface area is 117 Å². The smallest absolute Gasteiger partial charge is 0.272 e. The van der Waals surface area contributed by atoms with Gasteiger partial charge in [0.25, 0.3) is 5.91 Å². The number of nitrogens with two attached hydrogens (primary N) is 1. The molecule has 0 aliphatic carbocycles. The molecule has 0 saturated carbocycles. The maximum Gasteiger partial charge on any atom is 0.272 e. The number of hydrogen-bond acceptors (Lipinski definition) is 4. The fraction of sp³-hybridized carbons (Fsp3) is 0.200. The standard InChI is InChI=1S/C15H17N3O2/c1-20-10-12-6-3-2-5-11(12)9-18-15(19)14-13(16)7-4-8-17-14/h2-8H,9-10,16H2,1H3,(H,18,19). The van der Waals surface area contributed by atoms with E-state index in [-0.39, 0.29) is 11.6 Å². The first-order chi connectivity index (χ1) is 9.72. The van der Waals surface area contributed by atoms with Gasteiger partial charge in [-0.25, -0.2) is 4.98 Å². The van der Waals surface area contributed by atoms with Gasteiger partial charge in [-0.1, -0.05) is 24.3 Å². The number of nitrogens with one attached hydrogen (secondary N) is 1. The molecule has 2 rings (SSSR count). The van der Waals surface area contributed by atoms with Crippen LogP contribution in [0.1, 0.15) is 21.6 Å². The van der Waals surface area contributed by atoms with Crippen molar-refractivity contribution >= 4 is 11.6 Å². The van der Waals surface area contributed by atoms with Crippen LogP contribution in [-0.2, 0) is 17.9 Å². The molecule has 0 fully saturated rings. The molecule has 0 aliphatic rings. The number of hydrogen-bond donors (Lipinski definition) is 2. The molecule has 5 heteroatoms. The number of carbonyl (C=O) groups is 1. The molecule has 0 spiro atoms. The highest BCUT2D eigenvalue weighted by Gasteiger charge is 2.11. The Morgan fingerprint density at radius 1 is 1.25 bits per heavy atom. The Morgan fingerprint density at radius 3 is 2.70 bits per heavy atom. The summed E-state index contributed by atoms with van der Waals surface area (Å²) in [6.45, 7) is 0.923. The van der Waals surface area contributed by atoms with Gasteiger partial charge in [0.1, 0.15) is 0 Å². The molecule has 0 aliphatic heterocycles. The molecule has 3 N–H and O–H groups in total. The number of amides is 1. The van der Waals surface area contributed by atoms with Crippen LogP contribution in [0, 0.1) is 0 Å². The average molecular weight is 271 g/mol. The molecular weight excluding hydrogens is 254 g/mol. The van der Waals surface area contributed by atoms with Gasteiger partial charge in [0.15, 0.2) is 5.69 Å². The summed E-state index contributed by atoms with van der Waals surface area (Å²) < 4.78 is 5.13. The molecule has 2 aromatic rings. The summed E-state index contributed by atoms with van der Waals surface area (Å²) in [5.41, 5.74) is 8.40. The monoisotopic (exact) mass is 271 g/mol. The van der Waals surface area contributed by atoms with E-state index in [1.54, 1.807) is 25.4 Å². The van der Waals surface area contributed by atoms with Crippen molar-refractivity contribution in [1.82, 2.24) is 10.3 Å². The van der Waals surface area contributed by atoms with Gasteiger partial charge in [-0.15, -0.1) is 0 Å². The van der Waals surface area contributed by atoms with E-state index in [4.69, 9.17) is 10.5 Å². The first-order valence-electron chi connectivity index (χ1n) is 6.26. The second-order valence-electron chi connectivity index (χ2n) is 4.33. The van der Waals surface area contributed by atoms with E-state index in [1.807, 2.05) is 24.3 Å². The summed E-state index contributed by atoms with van der Waals surface area (Å²) >= 11 is 0. The van der Waals surface area contributed by atoms with Gasteiger partial charge in [0.05, 0.1) is 12.3 Å². The van der Waals surface area contributed by atoms with Crippen molar-refractivity contribution in [3.63, 3.8) is 0 Å². The molecule has 0 atom stereocenters. The van der Waals surface area contributed by atoms with E-state index in [2.05, 4.69) is 10.3 Å². The Morgan fingerprint density at radius 2 is 2.00 bits per heavy atom. The molecule has 0 radical (unpaired) electrons. The Kier molecular flexibility index (Phi) is 4.68. The number of anilines is 1. The number of nitrogen functional groups attached to an aromatic ring is 1. The molecule has 20 heavy (non-hydrogen) atoms. The zero-order valence-corrected chi connectivity index (χ0v) is 11.3. The third-order valence-electron chi connectivity index (χ3n) is 2.91. The molecule has 0 unspecified atom stereocenters. The van der Waals surface area contributed by atoms with Crippen molar-refractivity contribution in [3.05, 3.63) is 59.4 Å². The molecule has 1 aromatic carbocycles. The van der Waals surface area contributed by atoms with E-state index < -0.39 is 0 Å². The SMILES string of the molecule is COCc1ccccc1CNC(=O)c1ncccc1N. The summed E-state index contributed by atoms with van der Waals surface area (Å²) in [5, 5.41) is 2.82. The quantitative estimate of drug-likeness (QED) is 0.868. The summed E-state index contributed by atoms with van der Waals surface area (Å²) in [5.74, 6) is -0.282. The number of pyridine rings is 1. The largest absolute Gasteiger partial charge is 0.397 e. The van der Waals surface area contributed by atoms with Crippen LogP contribution in [0.4, 0.5) is 5.69 Å². The predicted octanol–water partition coefficient (Wildman–Crippen LogP) is 1.74. The maximum absolute atomic E-state index is 12.0. The second-order valence-corrected chi connectivity index (χ2v) is 4.33. The van der Waals surface area contributed by atoms with E-state index in [0.29, 0.717) is 18.8 Å². The highest BCUT2D eigenvalue weighted by Crippen LogP contribution is 2.11. The molecular formula is C15H17N3O2. The van der Waals surface area contributed by atoms with Gasteiger partial charge in [-0.2, -0.15) is 0 Å². The van der Waals surface area contributed by atoms with E-state index in [0.717, 1.165) is 11.1 Å². The minimum absolute atomic E-state index is 0.247. The molecule has 0 bridgehead atoms. The zero-order chi connectivity index (χ0) is 14.4. The molecule has 1 aromatic heterocycles. The van der Waals surface area contributed by atoms with Crippen LogP contribution in [0.5, 0.6) is 0 Å². The number of rotatable bonds is 5. The number of aromatic nitrogens is 1. The molecule has 1 amide bonds. The minimum atomic E-state index is -0.282. The van der Waals surface area contributed by atoms with Crippen LogP contribution in [-0.4, -0.2) is 18.0 Å². The van der Waals surface area contributed by atoms with Crippen LogP contribution in [0.15, 0.2) is 42.6 Å². The summed E-state index contributed by atoms with van der Waals surface area (Å²) in [6.07, 6.45) is 1.55. The van der Waals surface area contributed by atoms with Gasteiger partial charge < -0.3 is 15.8 Å². The first kappa shape index (κ1) is 14.0. The Hall–Kier alpha value is -2.40. The predicted molar refractivity (Wildman–Crippen MR) is 77.0 cm³/mol. The third kappa shape index (κ3) is 3.33. The molecule has 0 saturated heterocycles. The molecule has 5 nitrogen and oxygen atoms in total. The summed E-state index contributed by atoms with van der Waals surface area (Å²) in [7, 11) is 1.64. The van der Waals surface area contributed by atoms with Crippen molar-refractivity contribution in [2.24, 2.45) is 0 Å². The topological polar surface area (TPSA) is 77.2 Å². The number of carbonyl (C=O) groups excluding carboxylic acids is 1. The summed E-state index contributed by atoms with van der Waals surface area (Å²) in [6, 6.07) is 11.1. The van der Waals surface area contributed by atoms with E-state index in [9.17, 15) is 4.79 Å². The molecule has 1 heterocycles. The van der Waals surface area contributed by atoms with Crippen molar-refractivity contribution < 1.29 is 9.53 Å². The van der Waals surface area contributed by atoms with Crippen molar-refractivity contribution in [3.8, 4) is 0 Å². The van der Waals surface area contributed by atoms with Gasteiger partial charge in [-0.3, -0.25) is 4.79 Å². The van der Waals surface area contributed by atoms with Crippen LogP contribution in [0.25, 0.3) is 0 Å². The third-order valence-corrected chi connectivity index (χ3v) is 2.91. The zero-order valence-electron chi connectivity index (χ0n) is 11.3. The van der Waals surface area contributed by atoms with Crippen LogP contribution in [0.3, 0.4) is 0 Å². The molecule has 104 valence electrons. The average Bonchev–Trinajstić information content (AvgIpc) is 2.47. The van der Waals surface area contributed by atoms with Crippen molar-refractivity contribution in [1.29, 1.82) is 0 Å². The lowest BCUT2D eigenvalue weighted by Crippen LogP contribution is -2.25. The number of nitrogens with zero attached hydrogens (tertiary/aromatic N) is 1. The summed E-state index contributed by atoms with van der Waals surface area (Å²) in [4.78, 5) is 16.0. The first-order valence-corrected chi connectivity index (χ1v) is 6.26. The highest BCUT2D eigenvalue weighted by molar-refractivity contribution is 5.96. The number of methoxy groups -OCH3 is 1. The van der Waals surface area contributed by atoms with Gasteiger partial charge in [-0.05, 0) is 23.3 Å². The lowest BCUT2D eigenvalue weighted by Gasteiger charge is -2.10. The Bertz CT molecular complexity index is 599. The van der Waals surface area contributed by atoms with Crippen molar-refractivity contribution in [2.75, 3.05) is 12.8 Å². The maximum atomic E-state index is 12.0. The minimum Gasteiger partial charge on any atom is -0.397 e. The lowest BCUT2D eigenvalue weighted by atomic mass is 10.1. The van der Waals surface area contributed by atoms with E-state index in [1.165, 1.54) is 0 Å². The number of benzene rings is 1. The number of ether oxygens (including phenoxy) is 1. The second kappa shape index (κ2) is 6.68. The van der Waals surface area contributed by atoms with Crippen molar-refractivity contribution in [2.45, 2.75) is 13.2 Å². The Balaban J connectivity index is 2.06. The van der Waals surface area contributed by atoms with Gasteiger partial charge >= 0.3 is 0 Å². The van der Waals surface area contributed by atoms with Crippen LogP contribution in [0.2, 0.25) is 0 Å². The van der Waals surface area contributed by atoms with Crippen LogP contribution >= 0.6 is 0 Å². The van der Waals surface area contributed by atoms with Gasteiger partial charge in [0.2, 0.25) is 0 Å². The lowest BCUT2D eigenvalue weighted by molar-refractivity contribution is 0.0946. The highest BCUT2D eigenvalue weighted by atomic mass is 16.5. The normalized spacial score (nSPS) is 10.2. The van der Waals surface area contributed by atoms with E-state index >= 15 is 0 Å².